The molecule has 1 fully saturated rings. The summed E-state index contributed by atoms with van der Waals surface area (Å²) in [6, 6.07) is 12.8. The Hall–Kier alpha value is -1.11. The zero-order chi connectivity index (χ0) is 23.0. The van der Waals surface area contributed by atoms with Crippen LogP contribution >= 0.6 is 47.8 Å². The van der Waals surface area contributed by atoms with Crippen molar-refractivity contribution in [2.45, 2.75) is 57.8 Å². The van der Waals surface area contributed by atoms with Crippen molar-refractivity contribution < 1.29 is 0 Å². The Morgan fingerprint density at radius 3 is 1.06 bits per heavy atom. The quantitative estimate of drug-likeness (QED) is 0.222. The Balaban J connectivity index is 1.35. The van der Waals surface area contributed by atoms with E-state index in [-0.39, 0.29) is 0 Å². The summed E-state index contributed by atoms with van der Waals surface area (Å²) in [4.78, 5) is 13.2. The van der Waals surface area contributed by atoms with Crippen LogP contribution in [0.2, 0.25) is 0 Å². The summed E-state index contributed by atoms with van der Waals surface area (Å²) in [5.41, 5.74) is 4.04. The molecule has 174 valence electrons. The molecule has 6 heteroatoms. The lowest BCUT2D eigenvalue weighted by Crippen LogP contribution is -2.24. The Labute approximate surface area is 222 Å². The zero-order valence-electron chi connectivity index (χ0n) is 18.8. The van der Waals surface area contributed by atoms with Gasteiger partial charge in [-0.25, -0.2) is 15.0 Å². The molecule has 3 nitrogen and oxygen atoms in total. The summed E-state index contributed by atoms with van der Waals surface area (Å²) in [5, 5.41) is 0. The average molecular weight is 636 g/mol. The average Bonchev–Trinajstić information content (AvgIpc) is 2.83. The van der Waals surface area contributed by atoms with Crippen LogP contribution in [0.4, 0.5) is 0 Å². The lowest BCUT2D eigenvalue weighted by molar-refractivity contribution is 0.172. The van der Waals surface area contributed by atoms with Gasteiger partial charge in [0.1, 0.15) is 13.8 Å². The Bertz CT molecular complexity index is 853. The number of halogens is 3. The van der Waals surface area contributed by atoms with Crippen LogP contribution < -0.4 is 0 Å². The molecule has 3 aromatic heterocycles. The molecule has 3 aromatic rings. The lowest BCUT2D eigenvalue weighted by Gasteiger charge is -2.35. The molecule has 1 aliphatic carbocycles. The van der Waals surface area contributed by atoms with E-state index in [4.69, 9.17) is 0 Å². The second-order valence-electron chi connectivity index (χ2n) is 9.39. The molecule has 0 spiro atoms. The normalized spacial score (nSPS) is 20.6. The van der Waals surface area contributed by atoms with E-state index in [0.717, 1.165) is 50.8 Å². The van der Waals surface area contributed by atoms with Gasteiger partial charge in [0, 0.05) is 18.6 Å². The summed E-state index contributed by atoms with van der Waals surface area (Å²) in [5.74, 6) is 2.38. The first-order valence-corrected chi connectivity index (χ1v) is 14.2. The van der Waals surface area contributed by atoms with Gasteiger partial charge < -0.3 is 0 Å². The fourth-order valence-corrected chi connectivity index (χ4v) is 5.89. The van der Waals surface area contributed by atoms with Crippen LogP contribution in [-0.2, 0) is 19.3 Å². The summed E-state index contributed by atoms with van der Waals surface area (Å²) in [6.07, 6.45) is 17.3. The molecule has 0 N–H and O–H groups in total. The topological polar surface area (TPSA) is 38.7 Å². The monoisotopic (exact) mass is 633 g/mol. The summed E-state index contributed by atoms with van der Waals surface area (Å²) >= 11 is 10.3. The van der Waals surface area contributed by atoms with Crippen molar-refractivity contribution in [2.24, 2.45) is 17.8 Å². The number of aromatic nitrogens is 3. The third-order valence-electron chi connectivity index (χ3n) is 6.89. The lowest BCUT2D eigenvalue weighted by atomic mass is 9.70. The van der Waals surface area contributed by atoms with Gasteiger partial charge in [-0.3, -0.25) is 0 Å². The molecule has 4 rings (SSSR count). The highest BCUT2D eigenvalue weighted by Gasteiger charge is 2.28. The first-order chi connectivity index (χ1) is 16.0. The molecule has 0 unspecified atom stereocenters. The molecule has 0 aromatic carbocycles. The molecule has 0 atom stereocenters. The highest BCUT2D eigenvalue weighted by Crippen LogP contribution is 2.40. The predicted molar refractivity (Wildman–Crippen MR) is 145 cm³/mol. The fraction of sp³-hybridized carbons (Fsp3) is 0.444. The second kappa shape index (κ2) is 12.6. The molecule has 0 amide bonds. The third kappa shape index (κ3) is 8.25. The largest absolute Gasteiger partial charge is 0.249 e. The van der Waals surface area contributed by atoms with E-state index in [1.54, 1.807) is 0 Å². The van der Waals surface area contributed by atoms with Gasteiger partial charge in [0.25, 0.3) is 0 Å². The van der Waals surface area contributed by atoms with Gasteiger partial charge in [-0.15, -0.1) is 0 Å². The van der Waals surface area contributed by atoms with Crippen LogP contribution in [0.15, 0.2) is 68.8 Å². The predicted octanol–water partition coefficient (Wildman–Crippen LogP) is 8.39. The SMILES string of the molecule is Brc1ccc(CCC2CC(CCc3ccc(Br)nc3)CC(CCc3ccc(Br)nc3)C2)cn1. The maximum absolute atomic E-state index is 4.41. The molecule has 1 aliphatic rings. The molecular weight excluding hydrogens is 606 g/mol. The standard InChI is InChI=1S/C27H30Br3N3/c28-25-10-7-19(16-31-25)1-4-22-13-23(5-2-20-8-11-26(29)32-17-20)15-24(14-22)6-3-21-9-12-27(30)33-18-21/h7-12,16-18,22-24H,1-6,13-15H2. The maximum atomic E-state index is 4.41. The van der Waals surface area contributed by atoms with Gasteiger partial charge in [-0.2, -0.15) is 0 Å². The Morgan fingerprint density at radius 1 is 0.515 bits per heavy atom. The zero-order valence-corrected chi connectivity index (χ0v) is 23.5. The van der Waals surface area contributed by atoms with Crippen LogP contribution in [0.5, 0.6) is 0 Å². The number of nitrogens with zero attached hydrogens (tertiary/aromatic N) is 3. The first kappa shape index (κ1) is 25.0. The van der Waals surface area contributed by atoms with Crippen LogP contribution in [0.1, 0.15) is 55.2 Å². The van der Waals surface area contributed by atoms with E-state index in [2.05, 4.69) is 99.1 Å². The van der Waals surface area contributed by atoms with Crippen molar-refractivity contribution in [1.29, 1.82) is 0 Å². The number of rotatable bonds is 9. The number of aryl methyl sites for hydroxylation is 3. The van der Waals surface area contributed by atoms with Gasteiger partial charge in [0.15, 0.2) is 0 Å². The first-order valence-electron chi connectivity index (χ1n) is 11.8. The smallest absolute Gasteiger partial charge is 0.106 e. The second-order valence-corrected chi connectivity index (χ2v) is 11.8. The van der Waals surface area contributed by atoms with Crippen molar-refractivity contribution in [3.8, 4) is 0 Å². The Kier molecular flexibility index (Phi) is 9.51. The fourth-order valence-electron chi connectivity index (χ4n) is 5.19. The maximum Gasteiger partial charge on any atom is 0.106 e. The van der Waals surface area contributed by atoms with Gasteiger partial charge in [0.05, 0.1) is 0 Å². The van der Waals surface area contributed by atoms with E-state index in [1.807, 2.05) is 18.6 Å². The summed E-state index contributed by atoms with van der Waals surface area (Å²) in [7, 11) is 0. The molecular formula is C27H30Br3N3. The number of hydrogen-bond acceptors (Lipinski definition) is 3. The minimum absolute atomic E-state index is 0.795. The van der Waals surface area contributed by atoms with Crippen LogP contribution in [0.3, 0.4) is 0 Å². The van der Waals surface area contributed by atoms with Crippen molar-refractivity contribution >= 4 is 47.8 Å². The van der Waals surface area contributed by atoms with Crippen LogP contribution in [0, 0.1) is 17.8 Å². The van der Waals surface area contributed by atoms with E-state index < -0.39 is 0 Å². The van der Waals surface area contributed by atoms with Crippen molar-refractivity contribution in [3.63, 3.8) is 0 Å². The third-order valence-corrected chi connectivity index (χ3v) is 8.30. The number of pyridine rings is 3. The van der Waals surface area contributed by atoms with Crippen molar-refractivity contribution in [1.82, 2.24) is 15.0 Å². The molecule has 3 heterocycles. The van der Waals surface area contributed by atoms with E-state index in [9.17, 15) is 0 Å². The van der Waals surface area contributed by atoms with Crippen LogP contribution in [0.25, 0.3) is 0 Å². The molecule has 0 radical (unpaired) electrons. The minimum atomic E-state index is 0.795. The molecule has 1 saturated carbocycles. The van der Waals surface area contributed by atoms with Gasteiger partial charge in [-0.1, -0.05) is 18.2 Å². The van der Waals surface area contributed by atoms with E-state index in [1.165, 1.54) is 55.2 Å². The highest BCUT2D eigenvalue weighted by molar-refractivity contribution is 9.11. The van der Waals surface area contributed by atoms with Crippen molar-refractivity contribution in [2.75, 3.05) is 0 Å². The van der Waals surface area contributed by atoms with E-state index >= 15 is 0 Å². The van der Waals surface area contributed by atoms with E-state index in [0.29, 0.717) is 0 Å². The van der Waals surface area contributed by atoms with Gasteiger partial charge in [-0.05, 0) is 158 Å². The van der Waals surface area contributed by atoms with Crippen LogP contribution in [-0.4, -0.2) is 15.0 Å². The molecule has 0 bridgehead atoms. The Morgan fingerprint density at radius 2 is 0.818 bits per heavy atom. The summed E-state index contributed by atoms with van der Waals surface area (Å²) < 4.78 is 2.73. The number of hydrogen-bond donors (Lipinski definition) is 0. The minimum Gasteiger partial charge on any atom is -0.249 e. The molecule has 0 aliphatic heterocycles. The van der Waals surface area contributed by atoms with Gasteiger partial charge >= 0.3 is 0 Å². The highest BCUT2D eigenvalue weighted by atomic mass is 79.9. The van der Waals surface area contributed by atoms with Crippen molar-refractivity contribution in [3.05, 3.63) is 85.5 Å². The summed E-state index contributed by atoms with van der Waals surface area (Å²) in [6.45, 7) is 0. The molecule has 0 saturated heterocycles. The molecule has 33 heavy (non-hydrogen) atoms. The van der Waals surface area contributed by atoms with Gasteiger partial charge in [0.2, 0.25) is 0 Å².